The summed E-state index contributed by atoms with van der Waals surface area (Å²) < 4.78 is 31.1. The molecular weight excluding hydrogens is 252 g/mol. The van der Waals surface area contributed by atoms with Crippen LogP contribution in [-0.2, 0) is 11.3 Å². The molecule has 1 atom stereocenters. The van der Waals surface area contributed by atoms with E-state index >= 15 is 0 Å². The van der Waals surface area contributed by atoms with Crippen LogP contribution in [0.25, 0.3) is 10.9 Å². The summed E-state index contributed by atoms with van der Waals surface area (Å²) in [6, 6.07) is 5.89. The van der Waals surface area contributed by atoms with E-state index in [9.17, 15) is 8.76 Å². The molecule has 2 aromatic rings. The number of hydrogen-bond donors (Lipinski definition) is 1. The Morgan fingerprint density at radius 1 is 1.44 bits per heavy atom. The van der Waals surface area contributed by atoms with E-state index in [-0.39, 0.29) is 0 Å². The fraction of sp³-hybridized carbons (Fsp3) is 0.333. The summed E-state index contributed by atoms with van der Waals surface area (Å²) in [5.74, 6) is 0.508. The molecule has 5 nitrogen and oxygen atoms in total. The Morgan fingerprint density at radius 3 is 2.72 bits per heavy atom. The van der Waals surface area contributed by atoms with Crippen molar-refractivity contribution in [2.45, 2.75) is 19.9 Å². The van der Waals surface area contributed by atoms with Crippen LogP contribution < -0.4 is 9.46 Å². The quantitative estimate of drug-likeness (QED) is 0.865. The largest absolute Gasteiger partial charge is 0.755 e. The van der Waals surface area contributed by atoms with Gasteiger partial charge in [0.15, 0.2) is 0 Å². The summed E-state index contributed by atoms with van der Waals surface area (Å²) >= 11 is -2.37. The molecule has 0 aliphatic rings. The van der Waals surface area contributed by atoms with Crippen molar-refractivity contribution in [3.63, 3.8) is 0 Å². The molecule has 1 aromatic heterocycles. The first-order valence-corrected chi connectivity index (χ1v) is 6.65. The van der Waals surface area contributed by atoms with E-state index < -0.39 is 11.3 Å². The van der Waals surface area contributed by atoms with Gasteiger partial charge in [-0.05, 0) is 32.0 Å². The van der Waals surface area contributed by atoms with Gasteiger partial charge in [-0.25, -0.2) is 0 Å². The van der Waals surface area contributed by atoms with Gasteiger partial charge in [-0.2, -0.15) is 0 Å². The van der Waals surface area contributed by atoms with Crippen molar-refractivity contribution in [1.29, 1.82) is 0 Å². The Balaban J connectivity index is 2.60. The summed E-state index contributed by atoms with van der Waals surface area (Å²) in [7, 11) is 1.51. The zero-order valence-corrected chi connectivity index (χ0v) is 11.3. The van der Waals surface area contributed by atoms with E-state index in [0.717, 1.165) is 10.9 Å². The second-order valence-corrected chi connectivity index (χ2v) is 4.94. The van der Waals surface area contributed by atoms with Gasteiger partial charge in [-0.15, -0.1) is 0 Å². The van der Waals surface area contributed by atoms with Gasteiger partial charge in [-0.3, -0.25) is 4.21 Å². The van der Waals surface area contributed by atoms with Crippen LogP contribution in [0.2, 0.25) is 0 Å². The molecule has 1 unspecified atom stereocenters. The van der Waals surface area contributed by atoms with Crippen LogP contribution in [0.1, 0.15) is 19.9 Å². The minimum Gasteiger partial charge on any atom is -0.755 e. The van der Waals surface area contributed by atoms with Gasteiger partial charge >= 0.3 is 0 Å². The smallest absolute Gasteiger partial charge is 0.143 e. The second-order valence-electron chi connectivity index (χ2n) is 4.26. The highest BCUT2D eigenvalue weighted by atomic mass is 32.2. The van der Waals surface area contributed by atoms with Crippen molar-refractivity contribution >= 4 is 27.9 Å². The molecule has 0 aliphatic carbocycles. The molecule has 0 radical (unpaired) electrons. The zero-order chi connectivity index (χ0) is 13.3. The van der Waals surface area contributed by atoms with Crippen LogP contribution >= 0.6 is 0 Å². The molecular formula is C12H15N2O3S-. The maximum atomic E-state index is 10.8. The lowest BCUT2D eigenvalue weighted by molar-refractivity contribution is 0.417. The Hall–Kier alpha value is -1.53. The topological polar surface area (TPSA) is 66.3 Å². The van der Waals surface area contributed by atoms with E-state index in [2.05, 4.69) is 23.1 Å². The molecule has 0 bridgehead atoms. The van der Waals surface area contributed by atoms with Gasteiger partial charge in [-0.1, -0.05) is 0 Å². The van der Waals surface area contributed by atoms with Gasteiger partial charge < -0.3 is 18.6 Å². The van der Waals surface area contributed by atoms with Crippen molar-refractivity contribution < 1.29 is 13.5 Å². The third-order valence-corrected chi connectivity index (χ3v) is 3.18. The molecule has 98 valence electrons. The molecule has 0 fully saturated rings. The van der Waals surface area contributed by atoms with E-state index in [1.54, 1.807) is 6.07 Å². The first kappa shape index (κ1) is 12.9. The van der Waals surface area contributed by atoms with Crippen LogP contribution in [0, 0.1) is 0 Å². The van der Waals surface area contributed by atoms with Crippen molar-refractivity contribution in [2.24, 2.45) is 0 Å². The maximum Gasteiger partial charge on any atom is 0.143 e. The highest BCUT2D eigenvalue weighted by Gasteiger charge is 2.10. The Bertz CT molecular complexity index is 592. The fourth-order valence-electron chi connectivity index (χ4n) is 1.97. The number of anilines is 1. The summed E-state index contributed by atoms with van der Waals surface area (Å²) in [6.45, 7) is 4.14. The molecule has 0 amide bonds. The predicted octanol–water partition coefficient (Wildman–Crippen LogP) is 2.44. The number of rotatable bonds is 4. The van der Waals surface area contributed by atoms with Crippen molar-refractivity contribution in [2.75, 3.05) is 11.8 Å². The van der Waals surface area contributed by atoms with E-state index in [4.69, 9.17) is 4.74 Å². The average Bonchev–Trinajstić information content (AvgIpc) is 2.69. The summed E-state index contributed by atoms with van der Waals surface area (Å²) in [6.07, 6.45) is 1.98. The maximum absolute atomic E-state index is 10.8. The molecule has 0 saturated carbocycles. The number of nitrogens with one attached hydrogen (secondary N) is 1. The Labute approximate surface area is 108 Å². The third kappa shape index (κ3) is 2.34. The number of fused-ring (bicyclic) bond motifs is 1. The summed E-state index contributed by atoms with van der Waals surface area (Å²) in [5, 5.41) is 1.02. The van der Waals surface area contributed by atoms with E-state index in [1.807, 2.05) is 18.3 Å². The highest BCUT2D eigenvalue weighted by molar-refractivity contribution is 7.80. The normalized spacial score (nSPS) is 12.9. The number of hydrogen-bond acceptors (Lipinski definition) is 3. The van der Waals surface area contributed by atoms with Gasteiger partial charge in [0.05, 0.1) is 18.3 Å². The van der Waals surface area contributed by atoms with Gasteiger partial charge in [0, 0.05) is 28.9 Å². The van der Waals surface area contributed by atoms with E-state index in [0.29, 0.717) is 17.5 Å². The Morgan fingerprint density at radius 2 is 2.17 bits per heavy atom. The highest BCUT2D eigenvalue weighted by Crippen LogP contribution is 2.32. The molecule has 6 heteroatoms. The number of ether oxygens (including phenoxy) is 1. The molecule has 1 heterocycles. The van der Waals surface area contributed by atoms with Crippen LogP contribution in [-0.4, -0.2) is 20.4 Å². The average molecular weight is 267 g/mol. The van der Waals surface area contributed by atoms with Crippen molar-refractivity contribution in [3.05, 3.63) is 24.4 Å². The number of benzene rings is 1. The first-order chi connectivity index (χ1) is 8.52. The summed E-state index contributed by atoms with van der Waals surface area (Å²) in [5.41, 5.74) is 1.41. The Kier molecular flexibility index (Phi) is 3.58. The molecule has 2 rings (SSSR count). The van der Waals surface area contributed by atoms with Crippen LogP contribution in [0.15, 0.2) is 24.4 Å². The minimum absolute atomic E-state index is 0.307. The lowest BCUT2D eigenvalue weighted by Crippen LogP contribution is -2.05. The van der Waals surface area contributed by atoms with Crippen LogP contribution in [0.5, 0.6) is 5.75 Å². The summed E-state index contributed by atoms with van der Waals surface area (Å²) in [4.78, 5) is 0. The van der Waals surface area contributed by atoms with Crippen molar-refractivity contribution in [3.8, 4) is 5.75 Å². The zero-order valence-electron chi connectivity index (χ0n) is 10.5. The van der Waals surface area contributed by atoms with Gasteiger partial charge in [0.2, 0.25) is 0 Å². The van der Waals surface area contributed by atoms with Gasteiger partial charge in [0.25, 0.3) is 0 Å². The molecule has 0 aliphatic heterocycles. The number of aromatic nitrogens is 1. The molecule has 18 heavy (non-hydrogen) atoms. The second kappa shape index (κ2) is 4.99. The standard InChI is InChI=1S/C12H16N2O3S/c1-8(2)14-5-4-9-6-12(17-3)10(7-11(9)14)13-18(15)16/h4-8,13H,1-3H3,(H,15,16)/p-1. The van der Waals surface area contributed by atoms with Crippen LogP contribution in [0.4, 0.5) is 5.69 Å². The lowest BCUT2D eigenvalue weighted by Gasteiger charge is -2.15. The molecule has 1 aromatic carbocycles. The third-order valence-electron chi connectivity index (χ3n) is 2.79. The molecule has 0 saturated heterocycles. The predicted molar refractivity (Wildman–Crippen MR) is 71.4 cm³/mol. The number of nitrogens with zero attached hydrogens (tertiary/aromatic N) is 1. The fourth-order valence-corrected chi connectivity index (χ4v) is 2.31. The molecule has 0 spiro atoms. The molecule has 1 N–H and O–H groups in total. The number of methoxy groups -OCH3 is 1. The van der Waals surface area contributed by atoms with E-state index in [1.165, 1.54) is 7.11 Å². The lowest BCUT2D eigenvalue weighted by atomic mass is 10.2. The monoisotopic (exact) mass is 267 g/mol. The van der Waals surface area contributed by atoms with Crippen LogP contribution in [0.3, 0.4) is 0 Å². The first-order valence-electron chi connectivity index (χ1n) is 5.57. The van der Waals surface area contributed by atoms with Gasteiger partial charge in [0.1, 0.15) is 5.75 Å². The minimum atomic E-state index is -2.37. The SMILES string of the molecule is COc1cc2ccn(C(C)C)c2cc1NS(=O)[O-]. The van der Waals surface area contributed by atoms with Crippen molar-refractivity contribution in [1.82, 2.24) is 4.57 Å².